The van der Waals surface area contributed by atoms with Crippen LogP contribution in [-0.2, 0) is 4.79 Å². The van der Waals surface area contributed by atoms with Gasteiger partial charge in [0.25, 0.3) is 0 Å². The second-order valence-corrected chi connectivity index (χ2v) is 8.36. The molecule has 0 aliphatic rings. The largest absolute Gasteiger partial charge is 0.481 e. The van der Waals surface area contributed by atoms with Gasteiger partial charge in [-0.15, -0.1) is 0 Å². The summed E-state index contributed by atoms with van der Waals surface area (Å²) in [4.78, 5) is 29.2. The topological polar surface area (TPSA) is 114 Å². The van der Waals surface area contributed by atoms with E-state index >= 15 is 0 Å². The van der Waals surface area contributed by atoms with E-state index in [0.29, 0.717) is 10.9 Å². The van der Waals surface area contributed by atoms with E-state index in [2.05, 4.69) is 20.3 Å². The zero-order valence-electron chi connectivity index (χ0n) is 17.0. The van der Waals surface area contributed by atoms with Crippen molar-refractivity contribution in [1.29, 1.82) is 0 Å². The van der Waals surface area contributed by atoms with Gasteiger partial charge in [-0.2, -0.15) is 0 Å². The quantitative estimate of drug-likeness (QED) is 0.404. The second-order valence-electron chi connectivity index (χ2n) is 7.36. The second kappa shape index (κ2) is 9.05. The lowest BCUT2D eigenvalue weighted by Gasteiger charge is -2.19. The highest BCUT2D eigenvalue weighted by Crippen LogP contribution is 2.39. The van der Waals surface area contributed by atoms with E-state index in [-0.39, 0.29) is 18.4 Å². The predicted octanol–water partition coefficient (Wildman–Crippen LogP) is 4.83. The zero-order chi connectivity index (χ0) is 21.8. The molecule has 2 N–H and O–H groups in total. The summed E-state index contributed by atoms with van der Waals surface area (Å²) in [5.74, 6) is -0.0147. The summed E-state index contributed by atoms with van der Waals surface area (Å²) in [6, 6.07) is 7.70. The van der Waals surface area contributed by atoms with Gasteiger partial charge in [0.05, 0.1) is 23.2 Å². The Balaban J connectivity index is 1.71. The fourth-order valence-corrected chi connectivity index (χ4v) is 4.19. The molecule has 0 amide bonds. The molecule has 0 spiro atoms. The number of nitrogens with zero attached hydrogens (tertiary/aromatic N) is 4. The molecule has 3 heterocycles. The summed E-state index contributed by atoms with van der Waals surface area (Å²) >= 11 is 1.48. The smallest absolute Gasteiger partial charge is 0.305 e. The van der Waals surface area contributed by atoms with E-state index in [9.17, 15) is 9.90 Å². The first-order chi connectivity index (χ1) is 15.0. The highest BCUT2D eigenvalue weighted by atomic mass is 32.1. The summed E-state index contributed by atoms with van der Waals surface area (Å²) in [7, 11) is 0. The summed E-state index contributed by atoms with van der Waals surface area (Å²) in [5, 5.41) is 13.2. The van der Waals surface area contributed by atoms with E-state index in [1.807, 2.05) is 38.1 Å². The average molecular weight is 436 g/mol. The van der Waals surface area contributed by atoms with Crippen molar-refractivity contribution in [3.8, 4) is 33.0 Å². The van der Waals surface area contributed by atoms with Crippen molar-refractivity contribution in [1.82, 2.24) is 19.9 Å². The highest BCUT2D eigenvalue weighted by molar-refractivity contribution is 7.19. The van der Waals surface area contributed by atoms with Crippen LogP contribution in [0.4, 0.5) is 5.13 Å². The maximum Gasteiger partial charge on any atom is 0.305 e. The van der Waals surface area contributed by atoms with Crippen LogP contribution in [0.2, 0.25) is 0 Å². The fourth-order valence-electron chi connectivity index (χ4n) is 3.14. The Labute approximate surface area is 183 Å². The van der Waals surface area contributed by atoms with Crippen LogP contribution >= 0.6 is 11.3 Å². The Bertz CT molecular complexity index is 1140. The molecular formula is C22H21N5O3S. The lowest BCUT2D eigenvalue weighted by atomic mass is 10.0. The number of nitrogens with one attached hydrogen (secondary N) is 1. The summed E-state index contributed by atoms with van der Waals surface area (Å²) in [6.07, 6.45) is 8.00. The number of rotatable bonds is 8. The van der Waals surface area contributed by atoms with Gasteiger partial charge in [-0.25, -0.2) is 19.9 Å². The molecule has 0 aliphatic carbocycles. The molecule has 9 heteroatoms. The molecular weight excluding hydrogens is 414 g/mol. The van der Waals surface area contributed by atoms with Crippen molar-refractivity contribution in [3.05, 3.63) is 55.6 Å². The molecule has 0 saturated heterocycles. The lowest BCUT2D eigenvalue weighted by molar-refractivity contribution is -0.137. The summed E-state index contributed by atoms with van der Waals surface area (Å²) < 4.78 is 5.36. The number of hydrogen-bond acceptors (Lipinski definition) is 8. The van der Waals surface area contributed by atoms with Crippen molar-refractivity contribution in [2.45, 2.75) is 26.3 Å². The van der Waals surface area contributed by atoms with Crippen LogP contribution in [0.1, 0.15) is 20.3 Å². The number of carboxylic acid groups (broad SMARTS) is 1. The van der Waals surface area contributed by atoms with E-state index in [0.717, 1.165) is 27.3 Å². The van der Waals surface area contributed by atoms with E-state index in [4.69, 9.17) is 9.40 Å². The predicted molar refractivity (Wildman–Crippen MR) is 119 cm³/mol. The van der Waals surface area contributed by atoms with Gasteiger partial charge < -0.3 is 14.8 Å². The first-order valence-corrected chi connectivity index (χ1v) is 10.6. The van der Waals surface area contributed by atoms with Crippen molar-refractivity contribution < 1.29 is 14.3 Å². The Morgan fingerprint density at radius 1 is 1.06 bits per heavy atom. The van der Waals surface area contributed by atoms with Crippen molar-refractivity contribution in [2.24, 2.45) is 5.92 Å². The lowest BCUT2D eigenvalue weighted by Crippen LogP contribution is -2.28. The third kappa shape index (κ3) is 4.77. The van der Waals surface area contributed by atoms with Gasteiger partial charge in [-0.1, -0.05) is 49.4 Å². The van der Waals surface area contributed by atoms with E-state index in [1.54, 1.807) is 18.6 Å². The minimum atomic E-state index is -0.845. The fraction of sp³-hybridized carbons (Fsp3) is 0.227. The number of carbonyl (C=O) groups is 1. The van der Waals surface area contributed by atoms with Gasteiger partial charge in [0.2, 0.25) is 0 Å². The molecule has 4 aromatic rings. The summed E-state index contributed by atoms with van der Waals surface area (Å²) in [5.41, 5.74) is 3.45. The Hall–Kier alpha value is -3.59. The number of aliphatic carboxylic acids is 1. The number of thiazole rings is 1. The number of anilines is 1. The molecule has 0 fully saturated rings. The van der Waals surface area contributed by atoms with Crippen LogP contribution in [0.3, 0.4) is 0 Å². The molecule has 4 rings (SSSR count). The number of oxazole rings is 1. The minimum absolute atomic E-state index is 0.0161. The van der Waals surface area contributed by atoms with Gasteiger partial charge in [-0.3, -0.25) is 4.79 Å². The third-order valence-corrected chi connectivity index (χ3v) is 5.87. The molecule has 0 saturated carbocycles. The number of benzene rings is 1. The van der Waals surface area contributed by atoms with E-state index < -0.39 is 5.97 Å². The van der Waals surface area contributed by atoms with Crippen molar-refractivity contribution >= 4 is 22.4 Å². The maximum atomic E-state index is 11.3. The molecule has 31 heavy (non-hydrogen) atoms. The normalized spacial score (nSPS) is 12.1. The van der Waals surface area contributed by atoms with Crippen LogP contribution in [0.25, 0.3) is 33.0 Å². The SMILES string of the molecule is CC(C)C(CC(=O)O)Nc1nc(-c2cncnc2)c(-c2ccc(-c3cnco3)cc2)s1. The molecule has 0 bridgehead atoms. The first kappa shape index (κ1) is 20.7. The Kier molecular flexibility index (Phi) is 6.03. The first-order valence-electron chi connectivity index (χ1n) is 9.75. The monoisotopic (exact) mass is 435 g/mol. The molecule has 0 aliphatic heterocycles. The molecule has 3 aromatic heterocycles. The molecule has 1 unspecified atom stereocenters. The maximum absolute atomic E-state index is 11.3. The van der Waals surface area contributed by atoms with Crippen LogP contribution in [0.5, 0.6) is 0 Å². The summed E-state index contributed by atoms with van der Waals surface area (Å²) in [6.45, 7) is 3.98. The Morgan fingerprint density at radius 3 is 2.39 bits per heavy atom. The van der Waals surface area contributed by atoms with Gasteiger partial charge >= 0.3 is 5.97 Å². The van der Waals surface area contributed by atoms with Gasteiger partial charge in [0.15, 0.2) is 17.3 Å². The van der Waals surface area contributed by atoms with Crippen LogP contribution in [-0.4, -0.2) is 37.1 Å². The molecule has 0 radical (unpaired) electrons. The van der Waals surface area contributed by atoms with Gasteiger partial charge in [0, 0.05) is 29.6 Å². The Morgan fingerprint density at radius 2 is 1.77 bits per heavy atom. The third-order valence-electron chi connectivity index (χ3n) is 4.83. The molecule has 8 nitrogen and oxygen atoms in total. The van der Waals surface area contributed by atoms with Crippen LogP contribution in [0, 0.1) is 5.92 Å². The van der Waals surface area contributed by atoms with Crippen molar-refractivity contribution in [2.75, 3.05) is 5.32 Å². The highest BCUT2D eigenvalue weighted by Gasteiger charge is 2.21. The molecule has 1 aromatic carbocycles. The standard InChI is InChI=1S/C22H21N5O3S/c1-13(2)17(7-19(28)29)26-22-27-20(16-8-23-11-24-9-16)21(31-22)15-5-3-14(4-6-15)18-10-25-12-30-18/h3-6,8-13,17H,7H2,1-2H3,(H,26,27)(H,28,29). The number of aromatic nitrogens is 4. The molecule has 158 valence electrons. The average Bonchev–Trinajstić information content (AvgIpc) is 3.44. The van der Waals surface area contributed by atoms with Crippen molar-refractivity contribution in [3.63, 3.8) is 0 Å². The van der Waals surface area contributed by atoms with E-state index in [1.165, 1.54) is 24.1 Å². The zero-order valence-corrected chi connectivity index (χ0v) is 17.8. The van der Waals surface area contributed by atoms with Gasteiger partial charge in [0.1, 0.15) is 6.33 Å². The number of carboxylic acids is 1. The van der Waals surface area contributed by atoms with Crippen LogP contribution in [0.15, 0.2) is 60.0 Å². The van der Waals surface area contributed by atoms with Crippen LogP contribution < -0.4 is 5.32 Å². The number of hydrogen-bond donors (Lipinski definition) is 2. The minimum Gasteiger partial charge on any atom is -0.481 e. The molecule has 1 atom stereocenters. The van der Waals surface area contributed by atoms with Gasteiger partial charge in [-0.05, 0) is 11.5 Å².